The van der Waals surface area contributed by atoms with Crippen LogP contribution in [0.4, 0.5) is 4.79 Å². The van der Waals surface area contributed by atoms with E-state index in [4.69, 9.17) is 10.5 Å². The van der Waals surface area contributed by atoms with Gasteiger partial charge in [-0.15, -0.1) is 0 Å². The predicted octanol–water partition coefficient (Wildman–Crippen LogP) is 4.30. The Hall–Kier alpha value is -1.03. The SMILES string of the molecule is Cc1cc(C(C)(C)CC(C)(C)OC(N)=O)ccc1Br. The van der Waals surface area contributed by atoms with Gasteiger partial charge in [0.2, 0.25) is 0 Å². The number of amides is 1. The second-order valence-corrected chi connectivity index (χ2v) is 7.06. The van der Waals surface area contributed by atoms with E-state index in [0.29, 0.717) is 6.42 Å². The predicted molar refractivity (Wildman–Crippen MR) is 81.3 cm³/mol. The van der Waals surface area contributed by atoms with Gasteiger partial charge in [0.05, 0.1) is 0 Å². The molecule has 0 aliphatic heterocycles. The summed E-state index contributed by atoms with van der Waals surface area (Å²) in [4.78, 5) is 10.9. The second kappa shape index (κ2) is 5.53. The van der Waals surface area contributed by atoms with Gasteiger partial charge in [-0.05, 0) is 49.8 Å². The molecule has 0 aliphatic carbocycles. The molecule has 4 heteroatoms. The quantitative estimate of drug-likeness (QED) is 0.896. The number of ether oxygens (including phenoxy) is 1. The maximum Gasteiger partial charge on any atom is 0.405 e. The molecule has 0 spiro atoms. The molecule has 19 heavy (non-hydrogen) atoms. The number of aryl methyl sites for hydroxylation is 1. The number of primary amides is 1. The Morgan fingerprint density at radius 1 is 1.32 bits per heavy atom. The minimum atomic E-state index is -0.729. The molecule has 1 amide bonds. The van der Waals surface area contributed by atoms with Crippen LogP contribution in [0.3, 0.4) is 0 Å². The number of carbonyl (C=O) groups excluding carboxylic acids is 1. The molecule has 0 atom stereocenters. The van der Waals surface area contributed by atoms with Gasteiger partial charge in [0.15, 0.2) is 0 Å². The molecule has 3 nitrogen and oxygen atoms in total. The Kier molecular flexibility index (Phi) is 4.67. The summed E-state index contributed by atoms with van der Waals surface area (Å²) >= 11 is 3.50. The van der Waals surface area contributed by atoms with E-state index in [1.165, 1.54) is 11.1 Å². The maximum atomic E-state index is 10.9. The molecule has 0 bridgehead atoms. The summed E-state index contributed by atoms with van der Waals surface area (Å²) in [6, 6.07) is 6.30. The van der Waals surface area contributed by atoms with E-state index in [0.717, 1.165) is 4.47 Å². The summed E-state index contributed by atoms with van der Waals surface area (Å²) in [5.41, 5.74) is 6.83. The van der Waals surface area contributed by atoms with Crippen LogP contribution < -0.4 is 5.73 Å². The van der Waals surface area contributed by atoms with Crippen molar-refractivity contribution in [2.24, 2.45) is 5.73 Å². The highest BCUT2D eigenvalue weighted by atomic mass is 79.9. The number of rotatable bonds is 4. The lowest BCUT2D eigenvalue weighted by Crippen LogP contribution is -2.37. The summed E-state index contributed by atoms with van der Waals surface area (Å²) in [7, 11) is 0. The smallest absolute Gasteiger partial charge is 0.405 e. The van der Waals surface area contributed by atoms with Gasteiger partial charge in [0.1, 0.15) is 5.60 Å². The molecule has 1 aromatic carbocycles. The summed E-state index contributed by atoms with van der Waals surface area (Å²) < 4.78 is 6.28. The maximum absolute atomic E-state index is 10.9. The van der Waals surface area contributed by atoms with E-state index in [1.807, 2.05) is 19.9 Å². The van der Waals surface area contributed by atoms with Crippen LogP contribution in [-0.4, -0.2) is 11.7 Å². The molecule has 0 aromatic heterocycles. The van der Waals surface area contributed by atoms with Gasteiger partial charge in [-0.25, -0.2) is 4.79 Å². The van der Waals surface area contributed by atoms with E-state index in [-0.39, 0.29) is 5.41 Å². The zero-order valence-corrected chi connectivity index (χ0v) is 13.8. The third-order valence-corrected chi connectivity index (χ3v) is 4.07. The third-order valence-electron chi connectivity index (χ3n) is 3.18. The molecule has 0 radical (unpaired) electrons. The van der Waals surface area contributed by atoms with Gasteiger partial charge in [-0.2, -0.15) is 0 Å². The number of hydrogen-bond acceptors (Lipinski definition) is 2. The van der Waals surface area contributed by atoms with E-state index in [2.05, 4.69) is 48.8 Å². The van der Waals surface area contributed by atoms with Crippen molar-refractivity contribution >= 4 is 22.0 Å². The van der Waals surface area contributed by atoms with E-state index < -0.39 is 11.7 Å². The lowest BCUT2D eigenvalue weighted by molar-refractivity contribution is 0.0247. The molecule has 2 N–H and O–H groups in total. The number of nitrogens with two attached hydrogens (primary N) is 1. The zero-order valence-electron chi connectivity index (χ0n) is 12.2. The van der Waals surface area contributed by atoms with Crippen LogP contribution >= 0.6 is 15.9 Å². The minimum Gasteiger partial charge on any atom is -0.444 e. The van der Waals surface area contributed by atoms with Crippen molar-refractivity contribution in [3.05, 3.63) is 33.8 Å². The number of benzene rings is 1. The molecule has 0 saturated carbocycles. The fraction of sp³-hybridized carbons (Fsp3) is 0.533. The highest BCUT2D eigenvalue weighted by Gasteiger charge is 2.32. The molecule has 106 valence electrons. The minimum absolute atomic E-state index is 0.107. The van der Waals surface area contributed by atoms with Crippen molar-refractivity contribution in [3.63, 3.8) is 0 Å². The van der Waals surface area contributed by atoms with Crippen molar-refractivity contribution in [2.75, 3.05) is 0 Å². The van der Waals surface area contributed by atoms with Gasteiger partial charge < -0.3 is 10.5 Å². The average Bonchev–Trinajstić information content (AvgIpc) is 2.17. The first-order valence-corrected chi connectivity index (χ1v) is 7.08. The normalized spacial score (nSPS) is 12.3. The summed E-state index contributed by atoms with van der Waals surface area (Å²) in [6.07, 6.45) is -0.0305. The second-order valence-electron chi connectivity index (χ2n) is 6.21. The Morgan fingerprint density at radius 2 is 1.89 bits per heavy atom. The van der Waals surface area contributed by atoms with Crippen LogP contribution in [0.25, 0.3) is 0 Å². The van der Waals surface area contributed by atoms with Crippen LogP contribution in [0.5, 0.6) is 0 Å². The largest absolute Gasteiger partial charge is 0.444 e. The standard InChI is InChI=1S/C15H22BrNO2/c1-10-8-11(6-7-12(10)16)14(2,3)9-15(4,5)19-13(17)18/h6-8H,9H2,1-5H3,(H2,17,18). The molecule has 0 aliphatic rings. The van der Waals surface area contributed by atoms with Crippen LogP contribution in [-0.2, 0) is 10.2 Å². The van der Waals surface area contributed by atoms with Gasteiger partial charge in [-0.3, -0.25) is 0 Å². The van der Waals surface area contributed by atoms with Gasteiger partial charge >= 0.3 is 6.09 Å². The average molecular weight is 328 g/mol. The Morgan fingerprint density at radius 3 is 2.37 bits per heavy atom. The van der Waals surface area contributed by atoms with Crippen molar-refractivity contribution in [2.45, 2.75) is 52.1 Å². The van der Waals surface area contributed by atoms with Gasteiger partial charge in [-0.1, -0.05) is 41.9 Å². The van der Waals surface area contributed by atoms with E-state index in [1.54, 1.807) is 0 Å². The van der Waals surface area contributed by atoms with Crippen molar-refractivity contribution in [1.82, 2.24) is 0 Å². The van der Waals surface area contributed by atoms with E-state index >= 15 is 0 Å². The first-order valence-electron chi connectivity index (χ1n) is 6.29. The molecular formula is C15H22BrNO2. The Labute approximate surface area is 123 Å². The highest BCUT2D eigenvalue weighted by Crippen LogP contribution is 2.35. The summed E-state index contributed by atoms with van der Waals surface area (Å²) in [5.74, 6) is 0. The lowest BCUT2D eigenvalue weighted by atomic mass is 9.76. The summed E-state index contributed by atoms with van der Waals surface area (Å²) in [5, 5.41) is 0. The van der Waals surface area contributed by atoms with Gasteiger partial charge in [0.25, 0.3) is 0 Å². The van der Waals surface area contributed by atoms with Crippen LogP contribution in [0.2, 0.25) is 0 Å². The monoisotopic (exact) mass is 327 g/mol. The Balaban J connectivity index is 2.97. The molecule has 0 heterocycles. The first kappa shape index (κ1) is 16.0. The summed E-state index contributed by atoms with van der Waals surface area (Å²) in [6.45, 7) is 10.1. The van der Waals surface area contributed by atoms with Gasteiger partial charge in [0, 0.05) is 4.47 Å². The molecule has 1 rings (SSSR count). The third kappa shape index (κ3) is 4.53. The van der Waals surface area contributed by atoms with Crippen molar-refractivity contribution in [1.29, 1.82) is 0 Å². The first-order chi connectivity index (χ1) is 8.53. The van der Waals surface area contributed by atoms with Crippen molar-refractivity contribution < 1.29 is 9.53 Å². The van der Waals surface area contributed by atoms with Crippen LogP contribution in [0.15, 0.2) is 22.7 Å². The van der Waals surface area contributed by atoms with Crippen LogP contribution in [0.1, 0.15) is 45.2 Å². The number of halogens is 1. The molecule has 0 unspecified atom stereocenters. The molecule has 0 fully saturated rings. The molecule has 0 saturated heterocycles. The number of carbonyl (C=O) groups is 1. The van der Waals surface area contributed by atoms with Crippen molar-refractivity contribution in [3.8, 4) is 0 Å². The zero-order chi connectivity index (χ0) is 14.8. The Bertz CT molecular complexity index is 481. The topological polar surface area (TPSA) is 52.3 Å². The fourth-order valence-electron chi connectivity index (χ4n) is 2.54. The molecule has 1 aromatic rings. The fourth-order valence-corrected chi connectivity index (χ4v) is 2.79. The lowest BCUT2D eigenvalue weighted by Gasteiger charge is -2.34. The highest BCUT2D eigenvalue weighted by molar-refractivity contribution is 9.10. The molecular weight excluding hydrogens is 306 g/mol. The van der Waals surface area contributed by atoms with Crippen LogP contribution in [0, 0.1) is 6.92 Å². The number of hydrogen-bond donors (Lipinski definition) is 1. The van der Waals surface area contributed by atoms with E-state index in [9.17, 15) is 4.79 Å².